The Balaban J connectivity index is 1.90. The summed E-state index contributed by atoms with van der Waals surface area (Å²) in [5.41, 5.74) is 0. The number of aromatic nitrogens is 2. The highest BCUT2D eigenvalue weighted by atomic mass is 35.5. The van der Waals surface area contributed by atoms with Gasteiger partial charge in [-0.05, 0) is 50.5 Å². The van der Waals surface area contributed by atoms with Crippen LogP contribution in [-0.2, 0) is 0 Å². The molecule has 3 rings (SSSR count). The van der Waals surface area contributed by atoms with Crippen molar-refractivity contribution < 1.29 is 0 Å². The minimum absolute atomic E-state index is 0.322. The van der Waals surface area contributed by atoms with E-state index in [0.717, 1.165) is 35.5 Å². The number of halogens is 1. The van der Waals surface area contributed by atoms with Crippen LogP contribution in [0.15, 0.2) is 6.07 Å². The highest BCUT2D eigenvalue weighted by Crippen LogP contribution is 2.31. The van der Waals surface area contributed by atoms with Gasteiger partial charge in [-0.2, -0.15) is 0 Å². The third-order valence-electron chi connectivity index (χ3n) is 3.92. The fourth-order valence-electron chi connectivity index (χ4n) is 2.87. The molecule has 0 aromatic carbocycles. The van der Waals surface area contributed by atoms with Gasteiger partial charge in [0.25, 0.3) is 0 Å². The van der Waals surface area contributed by atoms with E-state index in [1.807, 2.05) is 0 Å². The molecule has 1 aliphatic rings. The highest BCUT2D eigenvalue weighted by molar-refractivity contribution is 7.18. The summed E-state index contributed by atoms with van der Waals surface area (Å²) in [5.74, 6) is 1.48. The maximum absolute atomic E-state index is 6.05. The van der Waals surface area contributed by atoms with Crippen LogP contribution in [-0.4, -0.2) is 41.0 Å². The molecule has 0 bridgehead atoms. The maximum Gasteiger partial charge on any atom is 0.225 e. The fourth-order valence-corrected chi connectivity index (χ4v) is 3.97. The van der Waals surface area contributed by atoms with Crippen LogP contribution < -0.4 is 5.32 Å². The normalized spacial score (nSPS) is 24.2. The van der Waals surface area contributed by atoms with Crippen molar-refractivity contribution in [3.63, 3.8) is 0 Å². The smallest absolute Gasteiger partial charge is 0.225 e. The predicted molar refractivity (Wildman–Crippen MR) is 85.9 cm³/mol. The minimum Gasteiger partial charge on any atom is -0.366 e. The first-order valence-corrected chi connectivity index (χ1v) is 8.11. The number of hydrogen-bond donors (Lipinski definition) is 1. The van der Waals surface area contributed by atoms with Gasteiger partial charge in [0.2, 0.25) is 5.28 Å². The summed E-state index contributed by atoms with van der Waals surface area (Å²) in [6, 6.07) is 2.58. The molecule has 2 aromatic heterocycles. The van der Waals surface area contributed by atoms with Gasteiger partial charge in [0.1, 0.15) is 10.6 Å². The average molecular weight is 311 g/mol. The second-order valence-electron chi connectivity index (χ2n) is 5.70. The van der Waals surface area contributed by atoms with Gasteiger partial charge >= 0.3 is 0 Å². The minimum atomic E-state index is 0.322. The number of rotatable bonds is 2. The van der Waals surface area contributed by atoms with Gasteiger partial charge in [0.05, 0.1) is 5.39 Å². The van der Waals surface area contributed by atoms with Crippen LogP contribution >= 0.6 is 22.9 Å². The molecule has 1 aliphatic heterocycles. The number of anilines is 1. The lowest BCUT2D eigenvalue weighted by Crippen LogP contribution is -2.43. The number of hydrogen-bond acceptors (Lipinski definition) is 5. The van der Waals surface area contributed by atoms with Crippen LogP contribution in [0.2, 0.25) is 5.28 Å². The van der Waals surface area contributed by atoms with E-state index in [-0.39, 0.29) is 0 Å². The number of likely N-dealkylation sites (tertiary alicyclic amines) is 1. The van der Waals surface area contributed by atoms with Gasteiger partial charge in [-0.15, -0.1) is 11.3 Å². The number of aryl methyl sites for hydroxylation is 1. The second-order valence-corrected chi connectivity index (χ2v) is 7.27. The van der Waals surface area contributed by atoms with Crippen molar-refractivity contribution in [2.45, 2.75) is 26.3 Å². The summed E-state index contributed by atoms with van der Waals surface area (Å²) in [7, 11) is 2.18. The zero-order valence-electron chi connectivity index (χ0n) is 12.0. The second kappa shape index (κ2) is 5.47. The van der Waals surface area contributed by atoms with E-state index in [1.165, 1.54) is 4.88 Å². The Bertz CT molecular complexity index is 627. The van der Waals surface area contributed by atoms with Crippen LogP contribution in [0.5, 0.6) is 0 Å². The summed E-state index contributed by atoms with van der Waals surface area (Å²) in [6.45, 7) is 6.60. The van der Waals surface area contributed by atoms with Crippen molar-refractivity contribution in [1.29, 1.82) is 0 Å². The third kappa shape index (κ3) is 2.75. The van der Waals surface area contributed by atoms with Crippen LogP contribution in [0.25, 0.3) is 10.2 Å². The quantitative estimate of drug-likeness (QED) is 0.863. The van der Waals surface area contributed by atoms with Gasteiger partial charge in [-0.25, -0.2) is 9.97 Å². The molecule has 20 heavy (non-hydrogen) atoms. The van der Waals surface area contributed by atoms with Crippen molar-refractivity contribution in [3.8, 4) is 0 Å². The van der Waals surface area contributed by atoms with E-state index >= 15 is 0 Å². The maximum atomic E-state index is 6.05. The van der Waals surface area contributed by atoms with Crippen LogP contribution in [0.4, 0.5) is 5.82 Å². The number of piperidine rings is 1. The molecule has 0 amide bonds. The number of nitrogens with zero attached hydrogens (tertiary/aromatic N) is 3. The Kier molecular flexibility index (Phi) is 3.84. The molecule has 0 spiro atoms. The lowest BCUT2D eigenvalue weighted by Gasteiger charge is -2.35. The topological polar surface area (TPSA) is 41.0 Å². The van der Waals surface area contributed by atoms with Gasteiger partial charge < -0.3 is 10.2 Å². The molecule has 0 saturated carbocycles. The fraction of sp³-hybridized carbons (Fsp3) is 0.571. The molecule has 108 valence electrons. The average Bonchev–Trinajstić information content (AvgIpc) is 2.73. The number of nitrogens with one attached hydrogen (secondary N) is 1. The van der Waals surface area contributed by atoms with Crippen LogP contribution in [0, 0.1) is 12.8 Å². The van der Waals surface area contributed by atoms with E-state index in [1.54, 1.807) is 11.3 Å². The van der Waals surface area contributed by atoms with Crippen LogP contribution in [0.3, 0.4) is 0 Å². The van der Waals surface area contributed by atoms with Gasteiger partial charge in [-0.1, -0.05) is 6.92 Å². The zero-order chi connectivity index (χ0) is 14.3. The Morgan fingerprint density at radius 3 is 3.00 bits per heavy atom. The predicted octanol–water partition coefficient (Wildman–Crippen LogP) is 3.41. The first kappa shape index (κ1) is 14.0. The monoisotopic (exact) mass is 310 g/mol. The first-order valence-electron chi connectivity index (χ1n) is 6.91. The third-order valence-corrected chi connectivity index (χ3v) is 5.03. The van der Waals surface area contributed by atoms with Crippen molar-refractivity contribution in [2.75, 3.05) is 25.5 Å². The molecule has 1 fully saturated rings. The van der Waals surface area contributed by atoms with Crippen LogP contribution in [0.1, 0.15) is 18.2 Å². The first-order chi connectivity index (χ1) is 9.52. The van der Waals surface area contributed by atoms with Gasteiger partial charge in [0.15, 0.2) is 0 Å². The molecular weight excluding hydrogens is 292 g/mol. The van der Waals surface area contributed by atoms with E-state index < -0.39 is 0 Å². The SMILES string of the molecule is Cc1cc2c(NC3CCN(C)CC3C)nc(Cl)nc2s1. The zero-order valence-corrected chi connectivity index (χ0v) is 13.6. The lowest BCUT2D eigenvalue weighted by molar-refractivity contribution is 0.206. The van der Waals surface area contributed by atoms with Gasteiger partial charge in [-0.3, -0.25) is 0 Å². The summed E-state index contributed by atoms with van der Waals surface area (Å²) in [6.07, 6.45) is 1.13. The molecule has 1 N–H and O–H groups in total. The molecule has 2 aromatic rings. The number of thiophene rings is 1. The molecule has 1 saturated heterocycles. The Hall–Kier alpha value is -0.910. The highest BCUT2D eigenvalue weighted by Gasteiger charge is 2.25. The van der Waals surface area contributed by atoms with Crippen molar-refractivity contribution >= 4 is 39.0 Å². The summed E-state index contributed by atoms with van der Waals surface area (Å²) >= 11 is 7.71. The molecule has 2 atom stereocenters. The Morgan fingerprint density at radius 2 is 2.25 bits per heavy atom. The molecular formula is C14H19ClN4S. The van der Waals surface area contributed by atoms with E-state index in [2.05, 4.69) is 47.1 Å². The largest absolute Gasteiger partial charge is 0.366 e. The van der Waals surface area contributed by atoms with E-state index in [0.29, 0.717) is 17.2 Å². The molecule has 2 unspecified atom stereocenters. The van der Waals surface area contributed by atoms with E-state index in [9.17, 15) is 0 Å². The van der Waals surface area contributed by atoms with Crippen molar-refractivity contribution in [2.24, 2.45) is 5.92 Å². The summed E-state index contributed by atoms with van der Waals surface area (Å²) in [5, 5.41) is 5.00. The summed E-state index contributed by atoms with van der Waals surface area (Å²) in [4.78, 5) is 13.3. The molecule has 6 heteroatoms. The molecule has 0 aliphatic carbocycles. The Morgan fingerprint density at radius 1 is 1.45 bits per heavy atom. The summed E-state index contributed by atoms with van der Waals surface area (Å²) < 4.78 is 0. The standard InChI is InChI=1S/C14H19ClN4S/c1-8-7-19(3)5-4-11(8)16-12-10-6-9(2)20-13(10)18-14(15)17-12/h6,8,11H,4-5,7H2,1-3H3,(H,16,17,18). The van der Waals surface area contributed by atoms with Crippen molar-refractivity contribution in [3.05, 3.63) is 16.2 Å². The van der Waals surface area contributed by atoms with Crippen molar-refractivity contribution in [1.82, 2.24) is 14.9 Å². The number of fused-ring (bicyclic) bond motifs is 1. The Labute approximate surface area is 128 Å². The molecule has 3 heterocycles. The molecule has 4 nitrogen and oxygen atoms in total. The van der Waals surface area contributed by atoms with Gasteiger partial charge in [0, 0.05) is 17.5 Å². The lowest BCUT2D eigenvalue weighted by atomic mass is 9.94. The molecule has 0 radical (unpaired) electrons. The van der Waals surface area contributed by atoms with E-state index in [4.69, 9.17) is 11.6 Å².